The number of carbonyl (C=O) groups excluding carboxylic acids is 1. The Morgan fingerprint density at radius 2 is 1.70 bits per heavy atom. The van der Waals surface area contributed by atoms with Crippen LogP contribution in [-0.2, 0) is 0 Å². The minimum absolute atomic E-state index is 0.0686. The Hall–Kier alpha value is -2.73. The SMILES string of the molecule is O=C(Nc1ccc(Oc2ccc3ccccc3c2Br)c(Cl)c1)c1cc(Cl)ccc1O. The van der Waals surface area contributed by atoms with E-state index in [4.69, 9.17) is 27.9 Å². The van der Waals surface area contributed by atoms with Gasteiger partial charge in [0.15, 0.2) is 0 Å². The van der Waals surface area contributed by atoms with Crippen molar-refractivity contribution in [3.8, 4) is 17.2 Å². The third-order valence-corrected chi connectivity index (χ3v) is 5.79. The van der Waals surface area contributed by atoms with Crippen molar-refractivity contribution >= 4 is 61.5 Å². The van der Waals surface area contributed by atoms with Crippen molar-refractivity contribution in [1.82, 2.24) is 0 Å². The summed E-state index contributed by atoms with van der Waals surface area (Å²) in [6.45, 7) is 0. The topological polar surface area (TPSA) is 58.6 Å². The number of ether oxygens (including phenoxy) is 1. The van der Waals surface area contributed by atoms with Crippen molar-refractivity contribution in [2.24, 2.45) is 0 Å². The maximum Gasteiger partial charge on any atom is 0.259 e. The number of carbonyl (C=O) groups is 1. The number of nitrogens with one attached hydrogen (secondary N) is 1. The first kappa shape index (κ1) is 20.5. The summed E-state index contributed by atoms with van der Waals surface area (Å²) in [4.78, 5) is 12.4. The molecule has 0 bridgehead atoms. The molecule has 0 aliphatic heterocycles. The summed E-state index contributed by atoms with van der Waals surface area (Å²) >= 11 is 15.9. The number of phenols is 1. The zero-order valence-corrected chi connectivity index (χ0v) is 18.4. The molecule has 0 saturated heterocycles. The van der Waals surface area contributed by atoms with Gasteiger partial charge in [-0.15, -0.1) is 0 Å². The van der Waals surface area contributed by atoms with Crippen LogP contribution in [0.4, 0.5) is 5.69 Å². The lowest BCUT2D eigenvalue weighted by Gasteiger charge is -2.13. The van der Waals surface area contributed by atoms with Gasteiger partial charge in [-0.3, -0.25) is 4.79 Å². The molecule has 0 heterocycles. The lowest BCUT2D eigenvalue weighted by molar-refractivity contribution is 0.102. The fourth-order valence-corrected chi connectivity index (χ4v) is 3.93. The van der Waals surface area contributed by atoms with Crippen molar-refractivity contribution in [3.63, 3.8) is 0 Å². The largest absolute Gasteiger partial charge is 0.507 e. The first-order chi connectivity index (χ1) is 14.4. The van der Waals surface area contributed by atoms with Gasteiger partial charge in [0.25, 0.3) is 5.91 Å². The third-order valence-electron chi connectivity index (χ3n) is 4.44. The number of benzene rings is 4. The first-order valence-corrected chi connectivity index (χ1v) is 10.4. The van der Waals surface area contributed by atoms with Crippen LogP contribution in [0, 0.1) is 0 Å². The van der Waals surface area contributed by atoms with Crippen LogP contribution >= 0.6 is 39.1 Å². The number of hydrogen-bond acceptors (Lipinski definition) is 3. The Bertz CT molecular complexity index is 1280. The molecular weight excluding hydrogens is 489 g/mol. The van der Waals surface area contributed by atoms with Crippen LogP contribution < -0.4 is 10.1 Å². The highest BCUT2D eigenvalue weighted by Gasteiger charge is 2.14. The van der Waals surface area contributed by atoms with Gasteiger partial charge in [-0.1, -0.05) is 53.5 Å². The maximum atomic E-state index is 12.4. The van der Waals surface area contributed by atoms with Crippen LogP contribution in [0.25, 0.3) is 10.8 Å². The number of aromatic hydroxyl groups is 1. The number of halogens is 3. The van der Waals surface area contributed by atoms with Crippen molar-refractivity contribution in [3.05, 3.63) is 92.9 Å². The van der Waals surface area contributed by atoms with Crippen LogP contribution in [0.1, 0.15) is 10.4 Å². The summed E-state index contributed by atoms with van der Waals surface area (Å²) in [5.74, 6) is 0.397. The average Bonchev–Trinajstić information content (AvgIpc) is 2.73. The third kappa shape index (κ3) is 4.24. The summed E-state index contributed by atoms with van der Waals surface area (Å²) in [7, 11) is 0. The summed E-state index contributed by atoms with van der Waals surface area (Å²) in [6, 6.07) is 20.9. The minimum Gasteiger partial charge on any atom is -0.507 e. The Morgan fingerprint density at radius 1 is 0.933 bits per heavy atom. The first-order valence-electron chi connectivity index (χ1n) is 8.87. The van der Waals surface area contributed by atoms with E-state index in [0.717, 1.165) is 15.2 Å². The number of rotatable bonds is 4. The van der Waals surface area contributed by atoms with Gasteiger partial charge in [-0.2, -0.15) is 0 Å². The van der Waals surface area contributed by atoms with Gasteiger partial charge in [-0.25, -0.2) is 0 Å². The number of anilines is 1. The highest BCUT2D eigenvalue weighted by atomic mass is 79.9. The second-order valence-corrected chi connectivity index (χ2v) is 8.10. The van der Waals surface area contributed by atoms with E-state index in [1.54, 1.807) is 18.2 Å². The van der Waals surface area contributed by atoms with E-state index in [9.17, 15) is 9.90 Å². The fourth-order valence-electron chi connectivity index (χ4n) is 2.96. The average molecular weight is 503 g/mol. The summed E-state index contributed by atoms with van der Waals surface area (Å²) < 4.78 is 6.80. The lowest BCUT2D eigenvalue weighted by atomic mass is 10.1. The molecule has 4 aromatic rings. The predicted molar refractivity (Wildman–Crippen MR) is 124 cm³/mol. The van der Waals surface area contributed by atoms with Gasteiger partial charge in [0.05, 0.1) is 15.1 Å². The molecule has 0 aliphatic carbocycles. The molecule has 30 heavy (non-hydrogen) atoms. The fraction of sp³-hybridized carbons (Fsp3) is 0. The lowest BCUT2D eigenvalue weighted by Crippen LogP contribution is -2.12. The van der Waals surface area contributed by atoms with Crippen molar-refractivity contribution in [2.75, 3.05) is 5.32 Å². The molecule has 0 atom stereocenters. The molecule has 0 saturated carbocycles. The molecule has 0 unspecified atom stereocenters. The standard InChI is InChI=1S/C23H14BrCl2NO3/c24-22-16-4-2-1-3-13(16)5-9-21(22)30-20-10-7-15(12-18(20)26)27-23(29)17-11-14(25)6-8-19(17)28/h1-12,28H,(H,27,29). The minimum atomic E-state index is -0.503. The van der Waals surface area contributed by atoms with Crippen LogP contribution in [0.2, 0.25) is 10.0 Å². The number of phenolic OH excluding ortho intramolecular Hbond substituents is 1. The van der Waals surface area contributed by atoms with E-state index >= 15 is 0 Å². The van der Waals surface area contributed by atoms with E-state index in [2.05, 4.69) is 21.2 Å². The molecule has 0 aromatic heterocycles. The van der Waals surface area contributed by atoms with Gasteiger partial charge >= 0.3 is 0 Å². The van der Waals surface area contributed by atoms with Crippen molar-refractivity contribution in [2.45, 2.75) is 0 Å². The maximum absolute atomic E-state index is 12.4. The van der Waals surface area contributed by atoms with E-state index in [-0.39, 0.29) is 11.3 Å². The quantitative estimate of drug-likeness (QED) is 0.301. The Morgan fingerprint density at radius 3 is 2.50 bits per heavy atom. The van der Waals surface area contributed by atoms with Gasteiger partial charge in [-0.05, 0) is 69.2 Å². The van der Waals surface area contributed by atoms with Gasteiger partial charge in [0.1, 0.15) is 17.2 Å². The highest BCUT2D eigenvalue weighted by Crippen LogP contribution is 2.38. The van der Waals surface area contributed by atoms with Crippen LogP contribution in [0.5, 0.6) is 17.2 Å². The van der Waals surface area contributed by atoms with Gasteiger partial charge in [0.2, 0.25) is 0 Å². The molecule has 4 aromatic carbocycles. The molecule has 0 spiro atoms. The normalized spacial score (nSPS) is 10.8. The number of amides is 1. The summed E-state index contributed by atoms with van der Waals surface area (Å²) in [5, 5.41) is 15.3. The van der Waals surface area contributed by atoms with Crippen molar-refractivity contribution < 1.29 is 14.6 Å². The Labute approximate surface area is 191 Å². The Balaban J connectivity index is 1.56. The van der Waals surface area contributed by atoms with Gasteiger partial charge in [0, 0.05) is 10.7 Å². The molecule has 150 valence electrons. The molecule has 7 heteroatoms. The molecular formula is C23H14BrCl2NO3. The molecule has 4 rings (SSSR count). The molecule has 0 aliphatic rings. The van der Waals surface area contributed by atoms with Crippen LogP contribution in [0.15, 0.2) is 77.3 Å². The molecule has 1 amide bonds. The molecule has 0 fully saturated rings. The van der Waals surface area contributed by atoms with E-state index in [1.807, 2.05) is 36.4 Å². The van der Waals surface area contributed by atoms with Crippen molar-refractivity contribution in [1.29, 1.82) is 0 Å². The molecule has 4 nitrogen and oxygen atoms in total. The van der Waals surface area contributed by atoms with E-state index < -0.39 is 5.91 Å². The molecule has 0 radical (unpaired) electrons. The van der Waals surface area contributed by atoms with E-state index in [1.165, 1.54) is 18.2 Å². The zero-order chi connectivity index (χ0) is 21.3. The Kier molecular flexibility index (Phi) is 5.86. The molecule has 2 N–H and O–H groups in total. The second-order valence-electron chi connectivity index (χ2n) is 6.46. The number of hydrogen-bond donors (Lipinski definition) is 2. The second kappa shape index (κ2) is 8.56. The highest BCUT2D eigenvalue weighted by molar-refractivity contribution is 9.10. The summed E-state index contributed by atoms with van der Waals surface area (Å²) in [5.41, 5.74) is 0.522. The van der Waals surface area contributed by atoms with Gasteiger partial charge < -0.3 is 15.2 Å². The van der Waals surface area contributed by atoms with Crippen LogP contribution in [0.3, 0.4) is 0 Å². The smallest absolute Gasteiger partial charge is 0.259 e. The zero-order valence-electron chi connectivity index (χ0n) is 15.3. The monoisotopic (exact) mass is 501 g/mol. The summed E-state index contributed by atoms with van der Waals surface area (Å²) in [6.07, 6.45) is 0. The van der Waals surface area contributed by atoms with Crippen LogP contribution in [-0.4, -0.2) is 11.0 Å². The number of fused-ring (bicyclic) bond motifs is 1. The van der Waals surface area contributed by atoms with E-state index in [0.29, 0.717) is 27.2 Å². The predicted octanol–water partition coefficient (Wildman–Crippen LogP) is 7.66.